The van der Waals surface area contributed by atoms with Gasteiger partial charge in [-0.25, -0.2) is 9.59 Å². The summed E-state index contributed by atoms with van der Waals surface area (Å²) < 4.78 is 16.6. The fourth-order valence-electron chi connectivity index (χ4n) is 4.83. The maximum atomic E-state index is 12.7. The Bertz CT molecular complexity index is 1210. The third-order valence-corrected chi connectivity index (χ3v) is 7.04. The molecule has 9 nitrogen and oxygen atoms in total. The molecule has 0 unspecified atom stereocenters. The molecule has 0 spiro atoms. The molecule has 2 fully saturated rings. The Kier molecular flexibility index (Phi) is 9.24. The van der Waals surface area contributed by atoms with Crippen LogP contribution in [0.2, 0.25) is 0 Å². The largest absolute Gasteiger partial charge is 0.490 e. The van der Waals surface area contributed by atoms with Crippen LogP contribution < -0.4 is 9.47 Å². The van der Waals surface area contributed by atoms with Gasteiger partial charge in [0.25, 0.3) is 0 Å². The van der Waals surface area contributed by atoms with E-state index in [1.54, 1.807) is 41.3 Å². The molecule has 0 radical (unpaired) electrons. The fraction of sp³-hybridized carbons (Fsp3) is 0.419. The van der Waals surface area contributed by atoms with Crippen LogP contribution in [-0.2, 0) is 20.7 Å². The van der Waals surface area contributed by atoms with Crippen molar-refractivity contribution in [3.8, 4) is 11.5 Å². The monoisotopic (exact) mass is 548 g/mol. The van der Waals surface area contributed by atoms with Crippen molar-refractivity contribution in [1.82, 2.24) is 9.80 Å². The van der Waals surface area contributed by atoms with Crippen LogP contribution in [0.3, 0.4) is 0 Å². The summed E-state index contributed by atoms with van der Waals surface area (Å²) in [6.45, 7) is 8.90. The summed E-state index contributed by atoms with van der Waals surface area (Å²) >= 11 is 0. The molecule has 0 atom stereocenters. The Morgan fingerprint density at radius 1 is 0.950 bits per heavy atom. The van der Waals surface area contributed by atoms with Crippen molar-refractivity contribution in [3.63, 3.8) is 0 Å². The molecule has 0 N–H and O–H groups in total. The highest BCUT2D eigenvalue weighted by Crippen LogP contribution is 2.31. The zero-order valence-corrected chi connectivity index (χ0v) is 23.1. The van der Waals surface area contributed by atoms with Crippen LogP contribution in [-0.4, -0.2) is 66.0 Å². The van der Waals surface area contributed by atoms with Gasteiger partial charge in [0.05, 0.1) is 5.56 Å². The molecule has 0 aliphatic carbocycles. The van der Waals surface area contributed by atoms with Crippen molar-refractivity contribution in [2.24, 2.45) is 5.41 Å². The lowest BCUT2D eigenvalue weighted by Crippen LogP contribution is -2.46. The molecule has 2 aliphatic heterocycles. The number of likely N-dealkylation sites (tertiary alicyclic amines) is 2. The van der Waals surface area contributed by atoms with Crippen LogP contribution in [0, 0.1) is 5.41 Å². The van der Waals surface area contributed by atoms with Gasteiger partial charge in [-0.15, -0.1) is 0 Å². The first-order chi connectivity index (χ1) is 19.1. The van der Waals surface area contributed by atoms with Crippen LogP contribution in [0.25, 0.3) is 0 Å². The number of esters is 1. The summed E-state index contributed by atoms with van der Waals surface area (Å²) in [6, 6.07) is 13.9. The topological polar surface area (TPSA) is 102 Å². The Morgan fingerprint density at radius 3 is 2.15 bits per heavy atom. The number of nitrogens with zero attached hydrogens (tertiary/aromatic N) is 2. The van der Waals surface area contributed by atoms with Crippen molar-refractivity contribution >= 4 is 23.9 Å². The Morgan fingerprint density at radius 2 is 1.55 bits per heavy atom. The van der Waals surface area contributed by atoms with Gasteiger partial charge in [-0.3, -0.25) is 14.5 Å². The van der Waals surface area contributed by atoms with Crippen LogP contribution in [0.1, 0.15) is 55.5 Å². The lowest BCUT2D eigenvalue weighted by molar-refractivity contribution is -0.152. The van der Waals surface area contributed by atoms with E-state index in [0.717, 1.165) is 5.56 Å². The van der Waals surface area contributed by atoms with E-state index in [9.17, 15) is 19.2 Å². The standard InChI is InChI=1S/C31H36N2O7/c1-4-19-38-29(36)23-7-11-24(12-8-23)39-26-14-16-32(17-15-26)30(37)40-25-9-5-22(6-10-25)13-18-33-27(34)20-31(2,3)21-28(33)35/h4-12,26H,1,13-21H2,2-3H3. The number of carbonyl (C=O) groups is 4. The van der Waals surface area contributed by atoms with Gasteiger partial charge in [-0.05, 0) is 53.8 Å². The summed E-state index contributed by atoms with van der Waals surface area (Å²) in [5.41, 5.74) is 1.11. The Balaban J connectivity index is 1.19. The number of ether oxygens (including phenoxy) is 3. The van der Waals surface area contributed by atoms with E-state index in [-0.39, 0.29) is 29.9 Å². The van der Waals surface area contributed by atoms with E-state index in [4.69, 9.17) is 14.2 Å². The van der Waals surface area contributed by atoms with Gasteiger partial charge in [-0.2, -0.15) is 0 Å². The molecule has 212 valence electrons. The first-order valence-electron chi connectivity index (χ1n) is 13.6. The lowest BCUT2D eigenvalue weighted by Gasteiger charge is -2.34. The van der Waals surface area contributed by atoms with Crippen molar-refractivity contribution in [3.05, 3.63) is 72.3 Å². The first-order valence-corrected chi connectivity index (χ1v) is 13.6. The molecule has 9 heteroatoms. The predicted molar refractivity (Wildman–Crippen MR) is 148 cm³/mol. The summed E-state index contributed by atoms with van der Waals surface area (Å²) in [6.07, 6.45) is 3.65. The minimum absolute atomic E-state index is 0.0494. The molecule has 2 heterocycles. The van der Waals surface area contributed by atoms with Crippen LogP contribution in [0.15, 0.2) is 61.2 Å². The lowest BCUT2D eigenvalue weighted by atomic mass is 9.81. The zero-order valence-electron chi connectivity index (χ0n) is 23.1. The maximum Gasteiger partial charge on any atom is 0.415 e. The predicted octanol–water partition coefficient (Wildman–Crippen LogP) is 4.79. The number of imide groups is 1. The van der Waals surface area contributed by atoms with Crippen molar-refractivity contribution in [2.45, 2.75) is 52.1 Å². The molecular formula is C31H36N2O7. The highest BCUT2D eigenvalue weighted by Gasteiger charge is 2.37. The number of hydrogen-bond acceptors (Lipinski definition) is 7. The van der Waals surface area contributed by atoms with Crippen LogP contribution in [0.5, 0.6) is 11.5 Å². The van der Waals surface area contributed by atoms with Gasteiger partial charge in [-0.1, -0.05) is 38.6 Å². The molecule has 0 bridgehead atoms. The van der Waals surface area contributed by atoms with Crippen molar-refractivity contribution in [2.75, 3.05) is 26.2 Å². The number of rotatable bonds is 9. The van der Waals surface area contributed by atoms with Crippen molar-refractivity contribution < 1.29 is 33.4 Å². The first kappa shape index (κ1) is 28.9. The van der Waals surface area contributed by atoms with Gasteiger partial charge in [0.15, 0.2) is 0 Å². The van der Waals surface area contributed by atoms with E-state index in [1.807, 2.05) is 26.0 Å². The summed E-state index contributed by atoms with van der Waals surface area (Å²) in [7, 11) is 0. The molecular weight excluding hydrogens is 512 g/mol. The molecule has 40 heavy (non-hydrogen) atoms. The Labute approximate surface area is 234 Å². The normalized spacial score (nSPS) is 17.4. The minimum atomic E-state index is -0.416. The van der Waals surface area contributed by atoms with Gasteiger partial charge in [0, 0.05) is 45.3 Å². The Hall–Kier alpha value is -4.14. The van der Waals surface area contributed by atoms with E-state index in [2.05, 4.69) is 6.58 Å². The second kappa shape index (κ2) is 12.8. The molecule has 2 aromatic rings. The highest BCUT2D eigenvalue weighted by atomic mass is 16.6. The molecule has 3 amide bonds. The average molecular weight is 549 g/mol. The third-order valence-electron chi connectivity index (χ3n) is 7.04. The number of benzene rings is 2. The molecule has 2 saturated heterocycles. The fourth-order valence-corrected chi connectivity index (χ4v) is 4.83. The summed E-state index contributed by atoms with van der Waals surface area (Å²) in [5.74, 6) is 0.424. The van der Waals surface area contributed by atoms with Crippen molar-refractivity contribution in [1.29, 1.82) is 0 Å². The summed E-state index contributed by atoms with van der Waals surface area (Å²) in [5, 5.41) is 0. The number of amides is 3. The van der Waals surface area contributed by atoms with Gasteiger partial charge in [0.1, 0.15) is 24.2 Å². The van der Waals surface area contributed by atoms with E-state index >= 15 is 0 Å². The van der Waals surface area contributed by atoms with E-state index in [1.165, 1.54) is 11.0 Å². The number of piperidine rings is 2. The van der Waals surface area contributed by atoms with Gasteiger partial charge >= 0.3 is 12.1 Å². The average Bonchev–Trinajstić information content (AvgIpc) is 2.92. The molecule has 0 aromatic heterocycles. The molecule has 4 rings (SSSR count). The third kappa shape index (κ3) is 7.71. The van der Waals surface area contributed by atoms with E-state index < -0.39 is 12.1 Å². The van der Waals surface area contributed by atoms with Gasteiger partial charge in [0.2, 0.25) is 11.8 Å². The highest BCUT2D eigenvalue weighted by molar-refractivity contribution is 5.98. The second-order valence-electron chi connectivity index (χ2n) is 10.9. The second-order valence-corrected chi connectivity index (χ2v) is 10.9. The van der Waals surface area contributed by atoms with Crippen LogP contribution >= 0.6 is 0 Å². The molecule has 0 saturated carbocycles. The number of carbonyl (C=O) groups excluding carboxylic acids is 4. The molecule has 2 aromatic carbocycles. The van der Waals surface area contributed by atoms with Gasteiger partial charge < -0.3 is 19.1 Å². The summed E-state index contributed by atoms with van der Waals surface area (Å²) in [4.78, 5) is 52.3. The SMILES string of the molecule is C=CCOC(=O)c1ccc(OC2CCN(C(=O)Oc3ccc(CCN4C(=O)CC(C)(C)CC4=O)cc3)CC2)cc1. The quantitative estimate of drug-likeness (QED) is 0.252. The number of hydrogen-bond donors (Lipinski definition) is 0. The zero-order chi connectivity index (χ0) is 28.7. The maximum absolute atomic E-state index is 12.7. The van der Waals surface area contributed by atoms with E-state index in [0.29, 0.717) is 68.8 Å². The van der Waals surface area contributed by atoms with Crippen LogP contribution in [0.4, 0.5) is 4.79 Å². The molecule has 2 aliphatic rings. The smallest absolute Gasteiger partial charge is 0.415 e. The minimum Gasteiger partial charge on any atom is -0.490 e.